The Hall–Kier alpha value is -1.35. The van der Waals surface area contributed by atoms with E-state index in [0.29, 0.717) is 12.5 Å². The molecule has 2 rings (SSSR count). The number of carbonyl (C=O) groups excluding carboxylic acids is 1. The summed E-state index contributed by atoms with van der Waals surface area (Å²) in [7, 11) is 0. The molecule has 0 aliphatic heterocycles. The normalized spacial score (nSPS) is 19.0. The Kier molecular flexibility index (Phi) is 4.81. The minimum Gasteiger partial charge on any atom is -0.349 e. The average molecular weight is 274 g/mol. The van der Waals surface area contributed by atoms with E-state index in [1.165, 1.54) is 5.56 Å². The predicted octanol–water partition coefficient (Wildman–Crippen LogP) is 3.02. The Balaban J connectivity index is 2.14. The molecule has 3 nitrogen and oxygen atoms in total. The second-order valence-electron chi connectivity index (χ2n) is 6.30. The molecular weight excluding hydrogens is 248 g/mol. The van der Waals surface area contributed by atoms with Crippen LogP contribution in [0.3, 0.4) is 0 Å². The van der Waals surface area contributed by atoms with Crippen molar-refractivity contribution in [2.45, 2.75) is 45.6 Å². The van der Waals surface area contributed by atoms with E-state index in [9.17, 15) is 4.79 Å². The van der Waals surface area contributed by atoms with Crippen LogP contribution in [-0.4, -0.2) is 12.5 Å². The molecule has 1 aliphatic rings. The highest BCUT2D eigenvalue weighted by Gasteiger charge is 2.40. The van der Waals surface area contributed by atoms with E-state index in [1.807, 2.05) is 18.2 Å². The fourth-order valence-electron chi connectivity index (χ4n) is 3.17. The van der Waals surface area contributed by atoms with Gasteiger partial charge in [0.1, 0.15) is 0 Å². The largest absolute Gasteiger partial charge is 0.349 e. The van der Waals surface area contributed by atoms with Crippen molar-refractivity contribution in [3.63, 3.8) is 0 Å². The molecule has 0 bridgehead atoms. The summed E-state index contributed by atoms with van der Waals surface area (Å²) in [4.78, 5) is 12.7. The first-order valence-electron chi connectivity index (χ1n) is 7.65. The molecule has 110 valence electrons. The molecule has 1 aromatic carbocycles. The van der Waals surface area contributed by atoms with Crippen LogP contribution < -0.4 is 11.1 Å². The van der Waals surface area contributed by atoms with Crippen molar-refractivity contribution in [2.75, 3.05) is 6.54 Å². The molecule has 1 fully saturated rings. The fraction of sp³-hybridized carbons (Fsp3) is 0.588. The number of hydrogen-bond acceptors (Lipinski definition) is 2. The van der Waals surface area contributed by atoms with Crippen LogP contribution in [0.25, 0.3) is 0 Å². The van der Waals surface area contributed by atoms with Gasteiger partial charge in [0.25, 0.3) is 0 Å². The van der Waals surface area contributed by atoms with Gasteiger partial charge in [0.15, 0.2) is 0 Å². The highest BCUT2D eigenvalue weighted by atomic mass is 16.2. The Morgan fingerprint density at radius 2 is 1.85 bits per heavy atom. The molecule has 0 saturated heterocycles. The lowest BCUT2D eigenvalue weighted by Crippen LogP contribution is -2.46. The second-order valence-corrected chi connectivity index (χ2v) is 6.30. The summed E-state index contributed by atoms with van der Waals surface area (Å²) in [6.45, 7) is 4.74. The number of rotatable bonds is 5. The molecule has 20 heavy (non-hydrogen) atoms. The van der Waals surface area contributed by atoms with Gasteiger partial charge in [-0.15, -0.1) is 0 Å². The first-order valence-corrected chi connectivity index (χ1v) is 7.65. The SMILES string of the molecule is CC(C)C(NC(=O)C1(CN)CCCC1)c1ccccc1. The summed E-state index contributed by atoms with van der Waals surface area (Å²) in [6.07, 6.45) is 4.08. The zero-order chi connectivity index (χ0) is 14.6. The van der Waals surface area contributed by atoms with E-state index in [0.717, 1.165) is 25.7 Å². The van der Waals surface area contributed by atoms with Gasteiger partial charge in [-0.3, -0.25) is 4.79 Å². The maximum absolute atomic E-state index is 12.7. The van der Waals surface area contributed by atoms with Gasteiger partial charge >= 0.3 is 0 Å². The molecule has 0 spiro atoms. The minimum absolute atomic E-state index is 0.0627. The standard InChI is InChI=1S/C17H26N2O/c1-13(2)15(14-8-4-3-5-9-14)19-16(20)17(12-18)10-6-7-11-17/h3-5,8-9,13,15H,6-7,10-12,18H2,1-2H3,(H,19,20). The number of nitrogens with two attached hydrogens (primary N) is 1. The quantitative estimate of drug-likeness (QED) is 0.867. The second kappa shape index (κ2) is 6.40. The van der Waals surface area contributed by atoms with Crippen molar-refractivity contribution < 1.29 is 4.79 Å². The molecule has 1 atom stereocenters. The third-order valence-electron chi connectivity index (χ3n) is 4.55. The van der Waals surface area contributed by atoms with E-state index < -0.39 is 0 Å². The molecule has 1 saturated carbocycles. The van der Waals surface area contributed by atoms with Crippen molar-refractivity contribution in [3.8, 4) is 0 Å². The van der Waals surface area contributed by atoms with Gasteiger partial charge in [0.05, 0.1) is 11.5 Å². The summed E-state index contributed by atoms with van der Waals surface area (Å²) in [5.74, 6) is 0.498. The molecule has 1 unspecified atom stereocenters. The summed E-state index contributed by atoms with van der Waals surface area (Å²) in [5.41, 5.74) is 6.74. The van der Waals surface area contributed by atoms with Crippen LogP contribution in [0.5, 0.6) is 0 Å². The van der Waals surface area contributed by atoms with Crippen LogP contribution in [0.15, 0.2) is 30.3 Å². The Morgan fingerprint density at radius 1 is 1.25 bits per heavy atom. The minimum atomic E-state index is -0.331. The highest BCUT2D eigenvalue weighted by molar-refractivity contribution is 5.83. The molecule has 1 aliphatic carbocycles. The van der Waals surface area contributed by atoms with Gasteiger partial charge in [-0.1, -0.05) is 57.0 Å². The smallest absolute Gasteiger partial charge is 0.227 e. The van der Waals surface area contributed by atoms with Crippen molar-refractivity contribution in [3.05, 3.63) is 35.9 Å². The number of hydrogen-bond donors (Lipinski definition) is 2. The van der Waals surface area contributed by atoms with Gasteiger partial charge < -0.3 is 11.1 Å². The maximum atomic E-state index is 12.7. The number of benzene rings is 1. The van der Waals surface area contributed by atoms with E-state index in [2.05, 4.69) is 31.3 Å². The topological polar surface area (TPSA) is 55.1 Å². The van der Waals surface area contributed by atoms with Crippen LogP contribution in [0, 0.1) is 11.3 Å². The predicted molar refractivity (Wildman–Crippen MR) is 82.1 cm³/mol. The average Bonchev–Trinajstić information content (AvgIpc) is 2.95. The van der Waals surface area contributed by atoms with E-state index in [1.54, 1.807) is 0 Å². The molecule has 1 amide bonds. The molecule has 0 aromatic heterocycles. The van der Waals surface area contributed by atoms with Crippen LogP contribution in [0.4, 0.5) is 0 Å². The molecule has 1 aromatic rings. The highest BCUT2D eigenvalue weighted by Crippen LogP contribution is 2.38. The van der Waals surface area contributed by atoms with Gasteiger partial charge in [-0.2, -0.15) is 0 Å². The van der Waals surface area contributed by atoms with E-state index >= 15 is 0 Å². The number of carbonyl (C=O) groups is 1. The van der Waals surface area contributed by atoms with E-state index in [-0.39, 0.29) is 17.4 Å². The molecule has 3 heteroatoms. The van der Waals surface area contributed by atoms with Crippen LogP contribution in [-0.2, 0) is 4.79 Å². The van der Waals surface area contributed by atoms with Crippen molar-refractivity contribution >= 4 is 5.91 Å². The first kappa shape index (κ1) is 15.0. The lowest BCUT2D eigenvalue weighted by molar-refractivity contribution is -0.131. The van der Waals surface area contributed by atoms with Crippen molar-refractivity contribution in [1.82, 2.24) is 5.32 Å². The summed E-state index contributed by atoms with van der Waals surface area (Å²) >= 11 is 0. The van der Waals surface area contributed by atoms with Crippen LogP contribution in [0.1, 0.15) is 51.1 Å². The van der Waals surface area contributed by atoms with Gasteiger partial charge in [0.2, 0.25) is 5.91 Å². The van der Waals surface area contributed by atoms with Crippen molar-refractivity contribution in [2.24, 2.45) is 17.1 Å². The lowest BCUT2D eigenvalue weighted by Gasteiger charge is -2.31. The van der Waals surface area contributed by atoms with Crippen molar-refractivity contribution in [1.29, 1.82) is 0 Å². The van der Waals surface area contributed by atoms with Crippen LogP contribution in [0.2, 0.25) is 0 Å². The van der Waals surface area contributed by atoms with Gasteiger partial charge in [0, 0.05) is 6.54 Å². The van der Waals surface area contributed by atoms with Crippen LogP contribution >= 0.6 is 0 Å². The lowest BCUT2D eigenvalue weighted by atomic mass is 9.84. The first-order chi connectivity index (χ1) is 9.59. The summed E-state index contributed by atoms with van der Waals surface area (Å²) in [6, 6.07) is 10.3. The van der Waals surface area contributed by atoms with E-state index in [4.69, 9.17) is 5.73 Å². The Labute approximate surface area is 121 Å². The summed E-state index contributed by atoms with van der Waals surface area (Å²) < 4.78 is 0. The zero-order valence-corrected chi connectivity index (χ0v) is 12.6. The fourth-order valence-corrected chi connectivity index (χ4v) is 3.17. The molecule has 0 heterocycles. The molecule has 3 N–H and O–H groups in total. The van der Waals surface area contributed by atoms with Gasteiger partial charge in [-0.25, -0.2) is 0 Å². The molecular formula is C17H26N2O. The Bertz CT molecular complexity index is 436. The maximum Gasteiger partial charge on any atom is 0.227 e. The van der Waals surface area contributed by atoms with Gasteiger partial charge in [-0.05, 0) is 24.3 Å². The number of nitrogens with one attached hydrogen (secondary N) is 1. The molecule has 0 radical (unpaired) electrons. The Morgan fingerprint density at radius 3 is 2.35 bits per heavy atom. The summed E-state index contributed by atoms with van der Waals surface area (Å²) in [5, 5.41) is 3.25. The number of amides is 1. The third-order valence-corrected chi connectivity index (χ3v) is 4.55. The third kappa shape index (κ3) is 3.04. The monoisotopic (exact) mass is 274 g/mol. The zero-order valence-electron chi connectivity index (χ0n) is 12.6.